The highest BCUT2D eigenvalue weighted by Gasteiger charge is 2.11. The molecule has 0 bridgehead atoms. The van der Waals surface area contributed by atoms with E-state index in [0.29, 0.717) is 11.5 Å². The van der Waals surface area contributed by atoms with E-state index >= 15 is 0 Å². The first-order chi connectivity index (χ1) is 7.54. The Hall–Kier alpha value is -0.960. The number of benzene rings is 1. The summed E-state index contributed by atoms with van der Waals surface area (Å²) in [7, 11) is 0. The van der Waals surface area contributed by atoms with Crippen LogP contribution in [0.2, 0.25) is 0 Å². The Balaban J connectivity index is 2.84. The lowest BCUT2D eigenvalue weighted by atomic mass is 10.1. The van der Waals surface area contributed by atoms with Gasteiger partial charge in [-0.3, -0.25) is 0 Å². The maximum Gasteiger partial charge on any atom is 0.336 e. The summed E-state index contributed by atoms with van der Waals surface area (Å²) in [5, 5.41) is 9.07. The van der Waals surface area contributed by atoms with Crippen molar-refractivity contribution < 1.29 is 9.90 Å². The standard InChI is InChI=1S/C13H18O2S/c1-4-9(2)8-16-12-7-10(3)5-6-11(12)13(14)15/h5-7,9H,4,8H2,1-3H3,(H,14,15). The number of aryl methyl sites for hydroxylation is 1. The SMILES string of the molecule is CCC(C)CSc1cc(C)ccc1C(=O)O. The van der Waals surface area contributed by atoms with Crippen LogP contribution in [0.5, 0.6) is 0 Å². The first-order valence-corrected chi connectivity index (χ1v) is 6.50. The maximum absolute atomic E-state index is 11.0. The van der Waals surface area contributed by atoms with Crippen molar-refractivity contribution in [1.82, 2.24) is 0 Å². The topological polar surface area (TPSA) is 37.3 Å². The zero-order valence-electron chi connectivity index (χ0n) is 9.99. The van der Waals surface area contributed by atoms with Crippen molar-refractivity contribution in [1.29, 1.82) is 0 Å². The van der Waals surface area contributed by atoms with E-state index in [4.69, 9.17) is 5.11 Å². The van der Waals surface area contributed by atoms with Gasteiger partial charge in [-0.15, -0.1) is 11.8 Å². The molecule has 0 spiro atoms. The van der Waals surface area contributed by atoms with Crippen molar-refractivity contribution in [3.8, 4) is 0 Å². The summed E-state index contributed by atoms with van der Waals surface area (Å²) < 4.78 is 0. The second kappa shape index (κ2) is 5.94. The fourth-order valence-corrected chi connectivity index (χ4v) is 2.56. The zero-order chi connectivity index (χ0) is 12.1. The third kappa shape index (κ3) is 3.56. The number of hydrogen-bond donors (Lipinski definition) is 1. The second-order valence-electron chi connectivity index (χ2n) is 4.13. The van der Waals surface area contributed by atoms with E-state index in [-0.39, 0.29) is 0 Å². The van der Waals surface area contributed by atoms with Gasteiger partial charge in [-0.2, -0.15) is 0 Å². The van der Waals surface area contributed by atoms with Crippen LogP contribution in [0.1, 0.15) is 36.2 Å². The molecule has 1 unspecified atom stereocenters. The molecule has 0 amide bonds. The van der Waals surface area contributed by atoms with Gasteiger partial charge < -0.3 is 5.11 Å². The van der Waals surface area contributed by atoms with Crippen molar-refractivity contribution in [3.05, 3.63) is 29.3 Å². The van der Waals surface area contributed by atoms with Crippen LogP contribution >= 0.6 is 11.8 Å². The smallest absolute Gasteiger partial charge is 0.336 e. The highest BCUT2D eigenvalue weighted by molar-refractivity contribution is 7.99. The van der Waals surface area contributed by atoms with Crippen molar-refractivity contribution in [2.24, 2.45) is 5.92 Å². The lowest BCUT2D eigenvalue weighted by Gasteiger charge is -2.10. The van der Waals surface area contributed by atoms with Gasteiger partial charge in [-0.1, -0.05) is 26.3 Å². The molecule has 16 heavy (non-hydrogen) atoms. The Morgan fingerprint density at radius 1 is 1.50 bits per heavy atom. The van der Waals surface area contributed by atoms with Crippen molar-refractivity contribution in [3.63, 3.8) is 0 Å². The third-order valence-corrected chi connectivity index (χ3v) is 3.97. The number of thioether (sulfide) groups is 1. The van der Waals surface area contributed by atoms with Gasteiger partial charge >= 0.3 is 5.97 Å². The van der Waals surface area contributed by atoms with Crippen molar-refractivity contribution >= 4 is 17.7 Å². The quantitative estimate of drug-likeness (QED) is 0.792. The third-order valence-electron chi connectivity index (χ3n) is 2.59. The molecular formula is C13H18O2S. The molecule has 3 heteroatoms. The van der Waals surface area contributed by atoms with E-state index < -0.39 is 5.97 Å². The van der Waals surface area contributed by atoms with E-state index in [1.807, 2.05) is 19.1 Å². The number of carboxylic acid groups (broad SMARTS) is 1. The summed E-state index contributed by atoms with van der Waals surface area (Å²) in [6.07, 6.45) is 1.13. The summed E-state index contributed by atoms with van der Waals surface area (Å²) in [6, 6.07) is 5.49. The Kier molecular flexibility index (Phi) is 4.87. The average molecular weight is 238 g/mol. The lowest BCUT2D eigenvalue weighted by molar-refractivity contribution is 0.0693. The predicted molar refractivity (Wildman–Crippen MR) is 68.3 cm³/mol. The summed E-state index contributed by atoms with van der Waals surface area (Å²) in [5.41, 5.74) is 1.52. The van der Waals surface area contributed by atoms with Crippen LogP contribution in [0.15, 0.2) is 23.1 Å². The van der Waals surface area contributed by atoms with Gasteiger partial charge in [0.15, 0.2) is 0 Å². The van der Waals surface area contributed by atoms with Gasteiger partial charge in [0.05, 0.1) is 5.56 Å². The molecule has 0 aliphatic rings. The Labute approximate surface area is 101 Å². The summed E-state index contributed by atoms with van der Waals surface area (Å²) >= 11 is 1.64. The van der Waals surface area contributed by atoms with Crippen LogP contribution < -0.4 is 0 Å². The van der Waals surface area contributed by atoms with Crippen molar-refractivity contribution in [2.75, 3.05) is 5.75 Å². The molecular weight excluding hydrogens is 220 g/mol. The molecule has 1 aromatic rings. The van der Waals surface area contributed by atoms with Gasteiger partial charge in [0.1, 0.15) is 0 Å². The highest BCUT2D eigenvalue weighted by Crippen LogP contribution is 2.26. The summed E-state index contributed by atoms with van der Waals surface area (Å²) in [4.78, 5) is 11.9. The molecule has 0 saturated heterocycles. The normalized spacial score (nSPS) is 12.4. The number of carbonyl (C=O) groups is 1. The molecule has 0 aliphatic carbocycles. The largest absolute Gasteiger partial charge is 0.478 e. The minimum atomic E-state index is -0.841. The number of rotatable bonds is 5. The zero-order valence-corrected chi connectivity index (χ0v) is 10.8. The maximum atomic E-state index is 11.0. The van der Waals surface area contributed by atoms with Gasteiger partial charge in [0, 0.05) is 10.6 Å². The van der Waals surface area contributed by atoms with Crippen LogP contribution in [0, 0.1) is 12.8 Å². The van der Waals surface area contributed by atoms with E-state index in [2.05, 4.69) is 13.8 Å². The lowest BCUT2D eigenvalue weighted by Crippen LogP contribution is -2.01. The first kappa shape index (κ1) is 13.1. The number of hydrogen-bond acceptors (Lipinski definition) is 2. The molecule has 0 radical (unpaired) electrons. The predicted octanol–water partition coefficient (Wildman–Crippen LogP) is 3.83. The molecule has 1 aromatic carbocycles. The van der Waals surface area contributed by atoms with Crippen LogP contribution in [-0.4, -0.2) is 16.8 Å². The second-order valence-corrected chi connectivity index (χ2v) is 5.19. The number of aromatic carboxylic acids is 1. The minimum Gasteiger partial charge on any atom is -0.478 e. The molecule has 88 valence electrons. The molecule has 0 heterocycles. The Bertz CT molecular complexity index is 374. The molecule has 1 rings (SSSR count). The first-order valence-electron chi connectivity index (χ1n) is 5.51. The van der Waals surface area contributed by atoms with Gasteiger partial charge in [-0.05, 0) is 30.5 Å². The van der Waals surface area contributed by atoms with E-state index in [0.717, 1.165) is 22.6 Å². The van der Waals surface area contributed by atoms with Gasteiger partial charge in [-0.25, -0.2) is 4.79 Å². The Morgan fingerprint density at radius 3 is 2.75 bits per heavy atom. The van der Waals surface area contributed by atoms with Gasteiger partial charge in [0.2, 0.25) is 0 Å². The van der Waals surface area contributed by atoms with Crippen LogP contribution in [-0.2, 0) is 0 Å². The molecule has 2 nitrogen and oxygen atoms in total. The van der Waals surface area contributed by atoms with Crippen LogP contribution in [0.4, 0.5) is 0 Å². The minimum absolute atomic E-state index is 0.416. The molecule has 1 atom stereocenters. The fraction of sp³-hybridized carbons (Fsp3) is 0.462. The van der Waals surface area contributed by atoms with Crippen LogP contribution in [0.25, 0.3) is 0 Å². The van der Waals surface area contributed by atoms with E-state index in [9.17, 15) is 4.79 Å². The summed E-state index contributed by atoms with van der Waals surface area (Å²) in [5.74, 6) is 0.749. The fourth-order valence-electron chi connectivity index (χ4n) is 1.28. The van der Waals surface area contributed by atoms with Gasteiger partial charge in [0.25, 0.3) is 0 Å². The highest BCUT2D eigenvalue weighted by atomic mass is 32.2. The van der Waals surface area contributed by atoms with E-state index in [1.165, 1.54) is 0 Å². The average Bonchev–Trinajstić information content (AvgIpc) is 2.25. The molecule has 1 N–H and O–H groups in total. The molecule has 0 aromatic heterocycles. The Morgan fingerprint density at radius 2 is 2.19 bits per heavy atom. The molecule has 0 saturated carbocycles. The molecule has 0 aliphatic heterocycles. The summed E-state index contributed by atoms with van der Waals surface area (Å²) in [6.45, 7) is 6.32. The number of carboxylic acids is 1. The monoisotopic (exact) mass is 238 g/mol. The molecule has 0 fully saturated rings. The van der Waals surface area contributed by atoms with Crippen molar-refractivity contribution in [2.45, 2.75) is 32.1 Å². The van der Waals surface area contributed by atoms with E-state index in [1.54, 1.807) is 17.8 Å². The van der Waals surface area contributed by atoms with Crippen LogP contribution in [0.3, 0.4) is 0 Å².